The van der Waals surface area contributed by atoms with E-state index in [9.17, 15) is 0 Å². The number of hydrogen-bond acceptors (Lipinski definition) is 4. The van der Waals surface area contributed by atoms with Gasteiger partial charge in [-0.1, -0.05) is 18.2 Å². The average molecular weight is 273 g/mol. The molecule has 4 heteroatoms. The second-order valence-electron chi connectivity index (χ2n) is 5.34. The maximum Gasteiger partial charge on any atom is 0.174 e. The Morgan fingerprint density at radius 3 is 2.85 bits per heavy atom. The third-order valence-electron chi connectivity index (χ3n) is 3.64. The molecule has 0 amide bonds. The Balaban J connectivity index is 1.81. The number of ether oxygens (including phenoxy) is 1. The van der Waals surface area contributed by atoms with E-state index in [2.05, 4.69) is 17.1 Å². The van der Waals surface area contributed by atoms with Gasteiger partial charge >= 0.3 is 0 Å². The molecule has 1 saturated heterocycles. The zero-order chi connectivity index (χ0) is 14.2. The Hall–Kier alpha value is -1.57. The van der Waals surface area contributed by atoms with Gasteiger partial charge in [0.15, 0.2) is 6.61 Å². The summed E-state index contributed by atoms with van der Waals surface area (Å²) in [5.74, 6) is 0.801. The molecule has 1 fully saturated rings. The number of likely N-dealkylation sites (tertiary alicyclic amines) is 1. The van der Waals surface area contributed by atoms with Crippen LogP contribution in [-0.4, -0.2) is 37.2 Å². The first-order valence-electron chi connectivity index (χ1n) is 7.33. The van der Waals surface area contributed by atoms with Crippen LogP contribution in [0, 0.1) is 11.3 Å². The summed E-state index contributed by atoms with van der Waals surface area (Å²) in [5, 5.41) is 12.1. The highest BCUT2D eigenvalue weighted by Crippen LogP contribution is 2.17. The minimum atomic E-state index is 0.0976. The van der Waals surface area contributed by atoms with E-state index in [0.29, 0.717) is 6.04 Å². The molecule has 20 heavy (non-hydrogen) atoms. The maximum absolute atomic E-state index is 8.60. The van der Waals surface area contributed by atoms with Crippen LogP contribution in [0.5, 0.6) is 5.75 Å². The van der Waals surface area contributed by atoms with E-state index < -0.39 is 0 Å². The van der Waals surface area contributed by atoms with E-state index in [-0.39, 0.29) is 6.61 Å². The van der Waals surface area contributed by atoms with E-state index in [1.54, 1.807) is 0 Å². The fraction of sp³-hybridized carbons (Fsp3) is 0.562. The fourth-order valence-corrected chi connectivity index (χ4v) is 2.60. The van der Waals surface area contributed by atoms with E-state index in [1.165, 1.54) is 25.9 Å². The molecule has 1 unspecified atom stereocenters. The molecular weight excluding hydrogens is 250 g/mol. The van der Waals surface area contributed by atoms with Crippen molar-refractivity contribution in [2.24, 2.45) is 0 Å². The molecule has 4 nitrogen and oxygen atoms in total. The molecule has 0 aromatic heterocycles. The topological polar surface area (TPSA) is 48.3 Å². The highest BCUT2D eigenvalue weighted by Gasteiger charge is 2.14. The smallest absolute Gasteiger partial charge is 0.174 e. The Morgan fingerprint density at radius 2 is 2.10 bits per heavy atom. The Bertz CT molecular complexity index is 449. The number of benzene rings is 1. The van der Waals surface area contributed by atoms with Crippen LogP contribution < -0.4 is 10.1 Å². The van der Waals surface area contributed by atoms with Gasteiger partial charge in [-0.3, -0.25) is 0 Å². The van der Waals surface area contributed by atoms with Crippen LogP contribution in [0.3, 0.4) is 0 Å². The Kier molecular flexibility index (Phi) is 5.85. The number of rotatable bonds is 7. The zero-order valence-corrected chi connectivity index (χ0v) is 12.1. The van der Waals surface area contributed by atoms with Crippen LogP contribution in [0.2, 0.25) is 0 Å². The van der Waals surface area contributed by atoms with Crippen LogP contribution in [0.15, 0.2) is 24.3 Å². The molecule has 1 atom stereocenters. The molecule has 0 saturated carbocycles. The summed E-state index contributed by atoms with van der Waals surface area (Å²) in [6, 6.07) is 10.4. The highest BCUT2D eigenvalue weighted by atomic mass is 16.5. The van der Waals surface area contributed by atoms with Gasteiger partial charge in [-0.25, -0.2) is 0 Å². The van der Waals surface area contributed by atoms with E-state index in [1.807, 2.05) is 30.3 Å². The van der Waals surface area contributed by atoms with Crippen molar-refractivity contribution in [3.05, 3.63) is 29.8 Å². The van der Waals surface area contributed by atoms with Crippen molar-refractivity contribution < 1.29 is 4.74 Å². The van der Waals surface area contributed by atoms with E-state index in [0.717, 1.165) is 24.4 Å². The predicted octanol–water partition coefficient (Wildman–Crippen LogP) is 2.16. The molecule has 2 rings (SSSR count). The molecule has 0 radical (unpaired) electrons. The van der Waals surface area contributed by atoms with Crippen molar-refractivity contribution in [1.82, 2.24) is 10.2 Å². The second kappa shape index (κ2) is 7.88. The van der Waals surface area contributed by atoms with Crippen LogP contribution in [0.25, 0.3) is 0 Å². The van der Waals surface area contributed by atoms with Crippen molar-refractivity contribution >= 4 is 0 Å². The van der Waals surface area contributed by atoms with Gasteiger partial charge in [-0.2, -0.15) is 5.26 Å². The summed E-state index contributed by atoms with van der Waals surface area (Å²) in [5.41, 5.74) is 1.11. The fourth-order valence-electron chi connectivity index (χ4n) is 2.60. The van der Waals surface area contributed by atoms with Crippen LogP contribution in [-0.2, 0) is 6.54 Å². The molecule has 1 aromatic rings. The molecule has 0 aliphatic carbocycles. The quantitative estimate of drug-likeness (QED) is 0.827. The van der Waals surface area contributed by atoms with Gasteiger partial charge in [0.2, 0.25) is 0 Å². The summed E-state index contributed by atoms with van der Waals surface area (Å²) in [6.07, 6.45) is 2.66. The molecule has 1 aromatic carbocycles. The highest BCUT2D eigenvalue weighted by molar-refractivity contribution is 5.33. The summed E-state index contributed by atoms with van der Waals surface area (Å²) in [6.45, 7) is 6.65. The van der Waals surface area contributed by atoms with Crippen molar-refractivity contribution in [3.63, 3.8) is 0 Å². The van der Waals surface area contributed by atoms with Gasteiger partial charge in [0, 0.05) is 24.7 Å². The lowest BCUT2D eigenvalue weighted by Crippen LogP contribution is -2.37. The predicted molar refractivity (Wildman–Crippen MR) is 79.5 cm³/mol. The molecule has 1 aliphatic heterocycles. The van der Waals surface area contributed by atoms with Gasteiger partial charge in [0.05, 0.1) is 0 Å². The van der Waals surface area contributed by atoms with Crippen molar-refractivity contribution in [1.29, 1.82) is 5.26 Å². The largest absolute Gasteiger partial charge is 0.478 e. The first-order chi connectivity index (χ1) is 9.79. The van der Waals surface area contributed by atoms with Gasteiger partial charge in [-0.15, -0.1) is 0 Å². The van der Waals surface area contributed by atoms with Gasteiger partial charge in [-0.05, 0) is 38.9 Å². The first-order valence-corrected chi connectivity index (χ1v) is 7.33. The number of nitriles is 1. The lowest BCUT2D eigenvalue weighted by Gasteiger charge is -2.21. The SMILES string of the molecule is CC(CN1CCCC1)NCc1ccccc1OCC#N. The average Bonchev–Trinajstić information content (AvgIpc) is 2.96. The Labute approximate surface area is 121 Å². The number of hydrogen-bond donors (Lipinski definition) is 1. The minimum absolute atomic E-state index is 0.0976. The molecule has 1 N–H and O–H groups in total. The normalized spacial score (nSPS) is 16.8. The molecule has 0 bridgehead atoms. The molecule has 0 spiro atoms. The molecule has 1 heterocycles. The maximum atomic E-state index is 8.60. The van der Waals surface area contributed by atoms with Gasteiger partial charge in [0.1, 0.15) is 11.8 Å². The van der Waals surface area contributed by atoms with Crippen molar-refractivity contribution in [3.8, 4) is 11.8 Å². The Morgan fingerprint density at radius 1 is 1.35 bits per heavy atom. The van der Waals surface area contributed by atoms with E-state index in [4.69, 9.17) is 10.00 Å². The van der Waals surface area contributed by atoms with Crippen LogP contribution in [0.4, 0.5) is 0 Å². The van der Waals surface area contributed by atoms with Crippen LogP contribution in [0.1, 0.15) is 25.3 Å². The third kappa shape index (κ3) is 4.52. The molecular formula is C16H23N3O. The van der Waals surface area contributed by atoms with E-state index >= 15 is 0 Å². The summed E-state index contributed by atoms with van der Waals surface area (Å²) in [4.78, 5) is 2.51. The van der Waals surface area contributed by atoms with Crippen molar-refractivity contribution in [2.45, 2.75) is 32.4 Å². The first kappa shape index (κ1) is 14.8. The van der Waals surface area contributed by atoms with Gasteiger partial charge < -0.3 is 15.0 Å². The van der Waals surface area contributed by atoms with Crippen LogP contribution >= 0.6 is 0 Å². The number of nitrogens with one attached hydrogen (secondary N) is 1. The van der Waals surface area contributed by atoms with Gasteiger partial charge in [0.25, 0.3) is 0 Å². The van der Waals surface area contributed by atoms with Crippen molar-refractivity contribution in [2.75, 3.05) is 26.2 Å². The standard InChI is InChI=1S/C16H23N3O/c1-14(13-19-9-4-5-10-19)18-12-15-6-2-3-7-16(15)20-11-8-17/h2-3,6-7,14,18H,4-5,9-13H2,1H3. The summed E-state index contributed by atoms with van der Waals surface area (Å²) >= 11 is 0. The number of para-hydroxylation sites is 1. The second-order valence-corrected chi connectivity index (χ2v) is 5.34. The third-order valence-corrected chi connectivity index (χ3v) is 3.64. The lowest BCUT2D eigenvalue weighted by molar-refractivity contribution is 0.297. The zero-order valence-electron chi connectivity index (χ0n) is 12.1. The summed E-state index contributed by atoms with van der Waals surface area (Å²) < 4.78 is 5.44. The lowest BCUT2D eigenvalue weighted by atomic mass is 10.2. The summed E-state index contributed by atoms with van der Waals surface area (Å²) in [7, 11) is 0. The minimum Gasteiger partial charge on any atom is -0.478 e. The molecule has 108 valence electrons. The number of nitrogens with zero attached hydrogens (tertiary/aromatic N) is 2. The molecule has 1 aliphatic rings. The monoisotopic (exact) mass is 273 g/mol.